The van der Waals surface area contributed by atoms with Crippen molar-refractivity contribution in [2.24, 2.45) is 0 Å². The van der Waals surface area contributed by atoms with E-state index in [0.29, 0.717) is 39.8 Å². The molecule has 0 saturated carbocycles. The second kappa shape index (κ2) is 9.55. The number of aliphatic hydroxyl groups is 1. The van der Waals surface area contributed by atoms with Gasteiger partial charge in [-0.2, -0.15) is 0 Å². The number of aromatic hydroxyl groups is 2. The average Bonchev–Trinajstić information content (AvgIpc) is 2.92. The van der Waals surface area contributed by atoms with Crippen LogP contribution in [0.4, 0.5) is 0 Å². The molecule has 1 aliphatic heterocycles. The van der Waals surface area contributed by atoms with Crippen molar-refractivity contribution >= 4 is 22.3 Å². The van der Waals surface area contributed by atoms with Crippen molar-refractivity contribution < 1.29 is 43.9 Å². The molecule has 0 saturated heterocycles. The summed E-state index contributed by atoms with van der Waals surface area (Å²) in [6, 6.07) is 8.48. The molecule has 4 atom stereocenters. The van der Waals surface area contributed by atoms with Gasteiger partial charge in [-0.05, 0) is 55.8 Å². The average molecular weight is 575 g/mol. The number of hydrogen-bond donors (Lipinski definition) is 3. The molecule has 3 aromatic rings. The zero-order valence-electron chi connectivity index (χ0n) is 24.5. The number of Topliss-reactive ketones (excluding diaryl/α,β-unsaturated/α-hetero) is 2. The highest BCUT2D eigenvalue weighted by Crippen LogP contribution is 2.57. The van der Waals surface area contributed by atoms with Crippen molar-refractivity contribution in [3.05, 3.63) is 69.3 Å². The maximum atomic E-state index is 14.1. The highest BCUT2D eigenvalue weighted by Gasteiger charge is 2.53. The van der Waals surface area contributed by atoms with Gasteiger partial charge in [0, 0.05) is 42.7 Å². The highest BCUT2D eigenvalue weighted by molar-refractivity contribution is 6.15. The zero-order valence-corrected chi connectivity index (χ0v) is 24.5. The molecule has 220 valence electrons. The fraction of sp³-hybridized carbons (Fsp3) is 0.394. The molecule has 0 radical (unpaired) electrons. The van der Waals surface area contributed by atoms with Gasteiger partial charge in [-0.3, -0.25) is 9.59 Å². The number of benzene rings is 3. The summed E-state index contributed by atoms with van der Waals surface area (Å²) in [5.74, 6) is -0.615. The molecule has 42 heavy (non-hydrogen) atoms. The van der Waals surface area contributed by atoms with Crippen LogP contribution in [0.3, 0.4) is 0 Å². The standard InChI is InChI=1S/C33H34O9/c1-15-9-21-25(16(2)42-15)30(36)28-22(11-19(39-4)12-24(28)40-5)33(21,41-6)20-8-7-17-10-18-13-32(3,38)14-23(34)26(18)31(37)27(17)29(20)35/h7-8,10-12,15-16,35,37-38H,9,13-14H2,1-6H3. The summed E-state index contributed by atoms with van der Waals surface area (Å²) in [7, 11) is 4.47. The molecule has 2 aliphatic carbocycles. The third-order valence-electron chi connectivity index (χ3n) is 8.88. The summed E-state index contributed by atoms with van der Waals surface area (Å²) < 4.78 is 23.7. The van der Waals surface area contributed by atoms with Gasteiger partial charge in [0.05, 0.1) is 48.5 Å². The van der Waals surface area contributed by atoms with Crippen LogP contribution in [0.15, 0.2) is 41.5 Å². The molecule has 6 rings (SSSR count). The van der Waals surface area contributed by atoms with Gasteiger partial charge in [0.1, 0.15) is 28.6 Å². The van der Waals surface area contributed by atoms with E-state index in [9.17, 15) is 24.9 Å². The predicted molar refractivity (Wildman–Crippen MR) is 154 cm³/mol. The normalized spacial score (nSPS) is 27.0. The summed E-state index contributed by atoms with van der Waals surface area (Å²) in [5.41, 5.74) is -0.135. The van der Waals surface area contributed by atoms with Crippen LogP contribution in [-0.4, -0.2) is 66.0 Å². The number of phenols is 2. The number of rotatable bonds is 4. The Morgan fingerprint density at radius 1 is 0.929 bits per heavy atom. The number of carbonyl (C=O) groups is 2. The third-order valence-corrected chi connectivity index (χ3v) is 8.88. The Morgan fingerprint density at radius 2 is 1.67 bits per heavy atom. The maximum absolute atomic E-state index is 14.1. The SMILES string of the molecule is COc1cc(OC)c2c(c1)C(OC)(c1ccc3cc4c(c(O)c3c1O)C(=O)CC(C)(O)C4)C1=C(C2=O)C(C)OC(C)C1. The lowest BCUT2D eigenvalue weighted by molar-refractivity contribution is -0.0132. The lowest BCUT2D eigenvalue weighted by Gasteiger charge is -2.46. The maximum Gasteiger partial charge on any atom is 0.195 e. The van der Waals surface area contributed by atoms with Gasteiger partial charge in [0.2, 0.25) is 0 Å². The van der Waals surface area contributed by atoms with Crippen molar-refractivity contribution in [1.29, 1.82) is 0 Å². The minimum Gasteiger partial charge on any atom is -0.507 e. The molecule has 0 amide bonds. The number of fused-ring (bicyclic) bond motifs is 3. The topological polar surface area (TPSA) is 132 Å². The first kappa shape index (κ1) is 28.2. The molecule has 9 heteroatoms. The number of phenolic OH excluding ortho intramolecular Hbond substituents is 2. The quantitative estimate of drug-likeness (QED) is 0.405. The van der Waals surface area contributed by atoms with Crippen LogP contribution in [0.25, 0.3) is 10.8 Å². The first-order valence-corrected chi connectivity index (χ1v) is 13.9. The van der Waals surface area contributed by atoms with Gasteiger partial charge in [-0.25, -0.2) is 0 Å². The second-order valence-corrected chi connectivity index (χ2v) is 11.7. The molecule has 0 aromatic heterocycles. The van der Waals surface area contributed by atoms with E-state index in [1.807, 2.05) is 13.8 Å². The van der Waals surface area contributed by atoms with Crippen molar-refractivity contribution in [3.8, 4) is 23.0 Å². The summed E-state index contributed by atoms with van der Waals surface area (Å²) in [4.78, 5) is 27.2. The number of carbonyl (C=O) groups excluding carboxylic acids is 2. The van der Waals surface area contributed by atoms with Crippen LogP contribution in [0, 0.1) is 0 Å². The van der Waals surface area contributed by atoms with Gasteiger partial charge in [0.15, 0.2) is 11.6 Å². The largest absolute Gasteiger partial charge is 0.507 e. The van der Waals surface area contributed by atoms with E-state index >= 15 is 0 Å². The van der Waals surface area contributed by atoms with Crippen molar-refractivity contribution in [2.45, 2.75) is 63.4 Å². The van der Waals surface area contributed by atoms with E-state index in [2.05, 4.69) is 0 Å². The summed E-state index contributed by atoms with van der Waals surface area (Å²) in [6.07, 6.45) is -0.464. The highest BCUT2D eigenvalue weighted by atomic mass is 16.5. The van der Waals surface area contributed by atoms with Gasteiger partial charge in [-0.15, -0.1) is 0 Å². The first-order chi connectivity index (χ1) is 19.9. The molecule has 3 aliphatic rings. The van der Waals surface area contributed by atoms with E-state index in [1.54, 1.807) is 37.3 Å². The van der Waals surface area contributed by atoms with Crippen LogP contribution < -0.4 is 9.47 Å². The van der Waals surface area contributed by atoms with E-state index in [0.717, 1.165) is 0 Å². The Kier molecular flexibility index (Phi) is 6.42. The first-order valence-electron chi connectivity index (χ1n) is 13.9. The van der Waals surface area contributed by atoms with Gasteiger partial charge in [0.25, 0.3) is 0 Å². The van der Waals surface area contributed by atoms with Crippen LogP contribution in [-0.2, 0) is 21.5 Å². The number of methoxy groups -OCH3 is 3. The Bertz CT molecular complexity index is 1720. The van der Waals surface area contributed by atoms with E-state index < -0.39 is 23.1 Å². The third kappa shape index (κ3) is 3.80. The van der Waals surface area contributed by atoms with E-state index in [-0.39, 0.29) is 64.1 Å². The zero-order chi connectivity index (χ0) is 30.3. The van der Waals surface area contributed by atoms with E-state index in [4.69, 9.17) is 18.9 Å². The van der Waals surface area contributed by atoms with Crippen LogP contribution in [0.5, 0.6) is 23.0 Å². The number of ketones is 2. The lowest BCUT2D eigenvalue weighted by atomic mass is 9.66. The van der Waals surface area contributed by atoms with Crippen molar-refractivity contribution in [3.63, 3.8) is 0 Å². The van der Waals surface area contributed by atoms with Crippen molar-refractivity contribution in [2.75, 3.05) is 21.3 Å². The van der Waals surface area contributed by atoms with Crippen LogP contribution in [0.1, 0.15) is 71.0 Å². The Labute approximate surface area is 243 Å². The van der Waals surface area contributed by atoms with Gasteiger partial charge >= 0.3 is 0 Å². The summed E-state index contributed by atoms with van der Waals surface area (Å²) in [6.45, 7) is 5.30. The van der Waals surface area contributed by atoms with Gasteiger partial charge in [-0.1, -0.05) is 12.1 Å². The molecule has 9 nitrogen and oxygen atoms in total. The molecule has 0 bridgehead atoms. The van der Waals surface area contributed by atoms with Crippen LogP contribution in [0.2, 0.25) is 0 Å². The summed E-state index contributed by atoms with van der Waals surface area (Å²) in [5, 5.41) is 34.7. The Balaban J connectivity index is 1.73. The minimum atomic E-state index is -1.50. The molecule has 3 aromatic carbocycles. The molecule has 0 fully saturated rings. The minimum absolute atomic E-state index is 0.0844. The fourth-order valence-electron chi connectivity index (χ4n) is 7.25. The monoisotopic (exact) mass is 574 g/mol. The number of hydrogen-bond acceptors (Lipinski definition) is 9. The fourth-order valence-corrected chi connectivity index (χ4v) is 7.25. The molecule has 4 unspecified atom stereocenters. The molecule has 1 heterocycles. The predicted octanol–water partition coefficient (Wildman–Crippen LogP) is 4.73. The van der Waals surface area contributed by atoms with E-state index in [1.165, 1.54) is 21.3 Å². The lowest BCUT2D eigenvalue weighted by Crippen LogP contribution is -2.45. The number of ether oxygens (including phenoxy) is 4. The van der Waals surface area contributed by atoms with Crippen LogP contribution >= 0.6 is 0 Å². The van der Waals surface area contributed by atoms with Gasteiger partial charge < -0.3 is 34.3 Å². The second-order valence-electron chi connectivity index (χ2n) is 11.7. The molecular formula is C33H34O9. The smallest absolute Gasteiger partial charge is 0.195 e. The van der Waals surface area contributed by atoms with Crippen molar-refractivity contribution in [1.82, 2.24) is 0 Å². The Hall–Kier alpha value is -3.92. The Morgan fingerprint density at radius 3 is 2.33 bits per heavy atom. The summed E-state index contributed by atoms with van der Waals surface area (Å²) >= 11 is 0. The molecule has 0 spiro atoms. The molecule has 3 N–H and O–H groups in total. The molecular weight excluding hydrogens is 540 g/mol.